The second kappa shape index (κ2) is 5.85. The van der Waals surface area contributed by atoms with Gasteiger partial charge in [0.15, 0.2) is 0 Å². The van der Waals surface area contributed by atoms with Crippen LogP contribution in [0.3, 0.4) is 0 Å². The minimum Gasteiger partial charge on any atom is -0.392 e. The van der Waals surface area contributed by atoms with Crippen LogP contribution in [0, 0.1) is 0 Å². The second-order valence-electron chi connectivity index (χ2n) is 4.38. The smallest absolute Gasteiger partial charge is 0.0931 e. The fourth-order valence-electron chi connectivity index (χ4n) is 2.16. The molecule has 3 heteroatoms. The highest BCUT2D eigenvalue weighted by Gasteiger charge is 2.11. The lowest BCUT2D eigenvalue weighted by atomic mass is 9.94. The normalized spacial score (nSPS) is 18.2. The lowest BCUT2D eigenvalue weighted by Gasteiger charge is -2.16. The standard InChI is InChI=1S/C13H17ClOS/c14-13-7-6-12(16-13)9-11(15)8-10-4-2-1-3-5-10/h4,6-7,11,15H,1-3,5,8-9H2. The summed E-state index contributed by atoms with van der Waals surface area (Å²) < 4.78 is 0.805. The first kappa shape index (κ1) is 12.2. The van der Waals surface area contributed by atoms with Crippen molar-refractivity contribution in [3.05, 3.63) is 33.0 Å². The molecule has 1 aliphatic rings. The van der Waals surface area contributed by atoms with Gasteiger partial charge < -0.3 is 5.11 Å². The summed E-state index contributed by atoms with van der Waals surface area (Å²) in [5, 5.41) is 9.99. The van der Waals surface area contributed by atoms with E-state index in [1.807, 2.05) is 12.1 Å². The van der Waals surface area contributed by atoms with Crippen molar-refractivity contribution in [1.29, 1.82) is 0 Å². The van der Waals surface area contributed by atoms with Crippen LogP contribution in [0.2, 0.25) is 4.34 Å². The van der Waals surface area contributed by atoms with Gasteiger partial charge in [0, 0.05) is 11.3 Å². The Balaban J connectivity index is 1.83. The molecule has 0 saturated heterocycles. The predicted molar refractivity (Wildman–Crippen MR) is 70.2 cm³/mol. The SMILES string of the molecule is OC(CC1=CCCCC1)Cc1ccc(Cl)s1. The van der Waals surface area contributed by atoms with Crippen molar-refractivity contribution < 1.29 is 5.11 Å². The van der Waals surface area contributed by atoms with Gasteiger partial charge in [-0.05, 0) is 44.2 Å². The predicted octanol–water partition coefficient (Wildman–Crippen LogP) is 4.20. The van der Waals surface area contributed by atoms with Gasteiger partial charge in [-0.1, -0.05) is 23.3 Å². The van der Waals surface area contributed by atoms with Gasteiger partial charge in [-0.2, -0.15) is 0 Å². The van der Waals surface area contributed by atoms with E-state index >= 15 is 0 Å². The first-order chi connectivity index (χ1) is 7.74. The molecule has 1 aromatic rings. The van der Waals surface area contributed by atoms with E-state index in [1.165, 1.54) is 36.1 Å². The lowest BCUT2D eigenvalue weighted by Crippen LogP contribution is -2.11. The summed E-state index contributed by atoms with van der Waals surface area (Å²) in [7, 11) is 0. The maximum atomic E-state index is 9.99. The van der Waals surface area contributed by atoms with Crippen molar-refractivity contribution in [1.82, 2.24) is 0 Å². The van der Waals surface area contributed by atoms with Gasteiger partial charge in [0.1, 0.15) is 0 Å². The summed E-state index contributed by atoms with van der Waals surface area (Å²) in [4.78, 5) is 1.17. The third-order valence-corrected chi connectivity index (χ3v) is 4.20. The number of hydrogen-bond acceptors (Lipinski definition) is 2. The molecule has 1 atom stereocenters. The van der Waals surface area contributed by atoms with Crippen molar-refractivity contribution >= 4 is 22.9 Å². The van der Waals surface area contributed by atoms with E-state index in [0.29, 0.717) is 0 Å². The van der Waals surface area contributed by atoms with Crippen LogP contribution < -0.4 is 0 Å². The first-order valence-electron chi connectivity index (χ1n) is 5.84. The quantitative estimate of drug-likeness (QED) is 0.801. The Morgan fingerprint density at radius 2 is 2.19 bits per heavy atom. The fraction of sp³-hybridized carbons (Fsp3) is 0.538. The van der Waals surface area contributed by atoms with E-state index in [0.717, 1.165) is 17.2 Å². The Bertz CT molecular complexity index is 370. The van der Waals surface area contributed by atoms with Crippen LogP contribution in [-0.4, -0.2) is 11.2 Å². The number of aliphatic hydroxyl groups excluding tert-OH is 1. The largest absolute Gasteiger partial charge is 0.392 e. The maximum absolute atomic E-state index is 9.99. The molecule has 0 spiro atoms. The van der Waals surface area contributed by atoms with Crippen LogP contribution in [0.4, 0.5) is 0 Å². The van der Waals surface area contributed by atoms with Crippen LogP contribution in [0.5, 0.6) is 0 Å². The van der Waals surface area contributed by atoms with Gasteiger partial charge in [0.05, 0.1) is 10.4 Å². The highest BCUT2D eigenvalue weighted by atomic mass is 35.5. The van der Waals surface area contributed by atoms with Crippen LogP contribution in [0.1, 0.15) is 37.0 Å². The van der Waals surface area contributed by atoms with Gasteiger partial charge in [0.25, 0.3) is 0 Å². The number of hydrogen-bond donors (Lipinski definition) is 1. The molecule has 1 aliphatic carbocycles. The van der Waals surface area contributed by atoms with E-state index in [9.17, 15) is 5.11 Å². The molecule has 0 aliphatic heterocycles. The third kappa shape index (κ3) is 3.62. The van der Waals surface area contributed by atoms with Crippen LogP contribution in [0.25, 0.3) is 0 Å². The Morgan fingerprint density at radius 1 is 1.31 bits per heavy atom. The van der Waals surface area contributed by atoms with E-state index in [4.69, 9.17) is 11.6 Å². The van der Waals surface area contributed by atoms with Gasteiger partial charge >= 0.3 is 0 Å². The van der Waals surface area contributed by atoms with E-state index in [2.05, 4.69) is 6.08 Å². The third-order valence-electron chi connectivity index (χ3n) is 2.95. The lowest BCUT2D eigenvalue weighted by molar-refractivity contribution is 0.174. The minimum atomic E-state index is -0.251. The maximum Gasteiger partial charge on any atom is 0.0931 e. The monoisotopic (exact) mass is 256 g/mol. The van der Waals surface area contributed by atoms with E-state index in [1.54, 1.807) is 11.3 Å². The molecular weight excluding hydrogens is 240 g/mol. The summed E-state index contributed by atoms with van der Waals surface area (Å²) in [5.41, 5.74) is 1.43. The summed E-state index contributed by atoms with van der Waals surface area (Å²) in [6, 6.07) is 3.90. The zero-order chi connectivity index (χ0) is 11.4. The van der Waals surface area contributed by atoms with Crippen molar-refractivity contribution in [3.8, 4) is 0 Å². The summed E-state index contributed by atoms with van der Waals surface area (Å²) in [6.45, 7) is 0. The Hall–Kier alpha value is -0.310. The van der Waals surface area contributed by atoms with Gasteiger partial charge in [-0.15, -0.1) is 11.3 Å². The average molecular weight is 257 g/mol. The number of rotatable bonds is 4. The van der Waals surface area contributed by atoms with Crippen LogP contribution in [0.15, 0.2) is 23.8 Å². The molecule has 1 heterocycles. The molecule has 0 saturated carbocycles. The molecule has 0 aromatic carbocycles. The number of thiophene rings is 1. The summed E-state index contributed by atoms with van der Waals surface area (Å²) >= 11 is 7.43. The molecular formula is C13H17ClOS. The summed E-state index contributed by atoms with van der Waals surface area (Å²) in [5.74, 6) is 0. The first-order valence-corrected chi connectivity index (χ1v) is 7.03. The highest BCUT2D eigenvalue weighted by Crippen LogP contribution is 2.26. The zero-order valence-electron chi connectivity index (χ0n) is 9.29. The van der Waals surface area contributed by atoms with Crippen LogP contribution in [-0.2, 0) is 6.42 Å². The van der Waals surface area contributed by atoms with Gasteiger partial charge in [-0.3, -0.25) is 0 Å². The number of allylic oxidation sites excluding steroid dienone is 1. The number of halogens is 1. The molecule has 16 heavy (non-hydrogen) atoms. The van der Waals surface area contributed by atoms with Gasteiger partial charge in [0.2, 0.25) is 0 Å². The van der Waals surface area contributed by atoms with Crippen LogP contribution >= 0.6 is 22.9 Å². The Morgan fingerprint density at radius 3 is 2.81 bits per heavy atom. The van der Waals surface area contributed by atoms with Crippen molar-refractivity contribution in [2.75, 3.05) is 0 Å². The molecule has 0 amide bonds. The van der Waals surface area contributed by atoms with E-state index < -0.39 is 0 Å². The van der Waals surface area contributed by atoms with E-state index in [-0.39, 0.29) is 6.10 Å². The highest BCUT2D eigenvalue weighted by molar-refractivity contribution is 7.16. The van der Waals surface area contributed by atoms with Gasteiger partial charge in [-0.25, -0.2) is 0 Å². The Labute approximate surface area is 106 Å². The zero-order valence-corrected chi connectivity index (χ0v) is 10.9. The average Bonchev–Trinajstić information content (AvgIpc) is 2.65. The number of aliphatic hydroxyl groups is 1. The molecule has 0 fully saturated rings. The molecule has 2 rings (SSSR count). The molecule has 0 bridgehead atoms. The molecule has 1 N–H and O–H groups in total. The van der Waals surface area contributed by atoms with Crippen molar-refractivity contribution in [2.45, 2.75) is 44.6 Å². The molecule has 0 radical (unpaired) electrons. The fourth-order valence-corrected chi connectivity index (χ4v) is 3.32. The second-order valence-corrected chi connectivity index (χ2v) is 6.18. The summed E-state index contributed by atoms with van der Waals surface area (Å²) in [6.07, 6.45) is 8.55. The Kier molecular flexibility index (Phi) is 4.45. The minimum absolute atomic E-state index is 0.251. The molecule has 1 nitrogen and oxygen atoms in total. The van der Waals surface area contributed by atoms with Crippen molar-refractivity contribution in [3.63, 3.8) is 0 Å². The topological polar surface area (TPSA) is 20.2 Å². The molecule has 88 valence electrons. The molecule has 1 aromatic heterocycles. The van der Waals surface area contributed by atoms with Crippen molar-refractivity contribution in [2.24, 2.45) is 0 Å². The molecule has 1 unspecified atom stereocenters.